The van der Waals surface area contributed by atoms with Crippen LogP contribution in [-0.4, -0.2) is 42.7 Å². The van der Waals surface area contributed by atoms with Gasteiger partial charge in [0.15, 0.2) is 5.96 Å². The van der Waals surface area contributed by atoms with Gasteiger partial charge in [-0.2, -0.15) is 0 Å². The summed E-state index contributed by atoms with van der Waals surface area (Å²) in [6.45, 7) is 14.6. The SMILES string of the molecule is C=CCCCCCN(C)C(=NCC(C)c1c(C)noc1C)NCC.I. The van der Waals surface area contributed by atoms with Gasteiger partial charge < -0.3 is 14.7 Å². The first kappa shape index (κ1) is 23.9. The Morgan fingerprint density at radius 2 is 2.08 bits per heavy atom. The van der Waals surface area contributed by atoms with Crippen LogP contribution < -0.4 is 5.32 Å². The number of unbranched alkanes of at least 4 members (excludes halogenated alkanes) is 3. The van der Waals surface area contributed by atoms with Crippen molar-refractivity contribution in [1.29, 1.82) is 0 Å². The number of rotatable bonds is 10. The van der Waals surface area contributed by atoms with Crippen molar-refractivity contribution in [3.8, 4) is 0 Å². The second-order valence-corrected chi connectivity index (χ2v) is 6.39. The number of hydrogen-bond donors (Lipinski definition) is 1. The summed E-state index contributed by atoms with van der Waals surface area (Å²) in [5.74, 6) is 2.17. The standard InChI is InChI=1S/C19H34N4O.HI/c1-7-9-10-11-12-13-23(6)19(20-8-2)21-14-15(3)18-16(4)22-24-17(18)5;/h7,15H,1,8-14H2,2-6H3,(H,20,21);1H. The smallest absolute Gasteiger partial charge is 0.193 e. The van der Waals surface area contributed by atoms with Crippen LogP contribution in [0.4, 0.5) is 0 Å². The van der Waals surface area contributed by atoms with E-state index in [0.717, 1.165) is 43.5 Å². The summed E-state index contributed by atoms with van der Waals surface area (Å²) >= 11 is 0. The van der Waals surface area contributed by atoms with Crippen LogP contribution in [0, 0.1) is 13.8 Å². The molecular weight excluding hydrogens is 427 g/mol. The van der Waals surface area contributed by atoms with Gasteiger partial charge in [-0.15, -0.1) is 30.6 Å². The molecule has 1 heterocycles. The first-order valence-electron chi connectivity index (χ1n) is 9.04. The molecule has 1 unspecified atom stereocenters. The van der Waals surface area contributed by atoms with Crippen LogP contribution >= 0.6 is 24.0 Å². The molecule has 1 aromatic rings. The van der Waals surface area contributed by atoms with Gasteiger partial charge in [0.05, 0.1) is 5.69 Å². The number of allylic oxidation sites excluding steroid dienone is 1. The van der Waals surface area contributed by atoms with E-state index in [1.54, 1.807) is 0 Å². The number of aryl methyl sites for hydroxylation is 2. The van der Waals surface area contributed by atoms with Gasteiger partial charge in [-0.25, -0.2) is 0 Å². The predicted molar refractivity (Wildman–Crippen MR) is 117 cm³/mol. The molecule has 0 aliphatic carbocycles. The van der Waals surface area contributed by atoms with Crippen LogP contribution in [0.5, 0.6) is 0 Å². The summed E-state index contributed by atoms with van der Waals surface area (Å²) in [7, 11) is 2.11. The first-order chi connectivity index (χ1) is 11.5. The third-order valence-corrected chi connectivity index (χ3v) is 4.19. The van der Waals surface area contributed by atoms with Crippen LogP contribution in [0.15, 0.2) is 22.2 Å². The summed E-state index contributed by atoms with van der Waals surface area (Å²) in [6, 6.07) is 0. The minimum absolute atomic E-state index is 0. The minimum Gasteiger partial charge on any atom is -0.361 e. The van der Waals surface area contributed by atoms with E-state index in [4.69, 9.17) is 9.52 Å². The molecule has 1 aromatic heterocycles. The Morgan fingerprint density at radius 3 is 2.64 bits per heavy atom. The van der Waals surface area contributed by atoms with Gasteiger partial charge >= 0.3 is 0 Å². The lowest BCUT2D eigenvalue weighted by molar-refractivity contribution is 0.391. The van der Waals surface area contributed by atoms with Crippen molar-refractivity contribution in [3.05, 3.63) is 29.7 Å². The van der Waals surface area contributed by atoms with Crippen LogP contribution in [0.2, 0.25) is 0 Å². The molecule has 0 bridgehead atoms. The lowest BCUT2D eigenvalue weighted by Gasteiger charge is -2.22. The van der Waals surface area contributed by atoms with Crippen molar-refractivity contribution in [1.82, 2.24) is 15.4 Å². The highest BCUT2D eigenvalue weighted by atomic mass is 127. The first-order valence-corrected chi connectivity index (χ1v) is 9.04. The second kappa shape index (κ2) is 13.2. The molecule has 0 fully saturated rings. The molecule has 0 aliphatic heterocycles. The average Bonchev–Trinajstić information content (AvgIpc) is 2.89. The van der Waals surface area contributed by atoms with E-state index in [9.17, 15) is 0 Å². The highest BCUT2D eigenvalue weighted by Crippen LogP contribution is 2.23. The Hall–Kier alpha value is -1.05. The second-order valence-electron chi connectivity index (χ2n) is 6.39. The molecule has 5 nitrogen and oxygen atoms in total. The average molecular weight is 462 g/mol. The Balaban J connectivity index is 0.00000576. The molecule has 0 saturated carbocycles. The maximum Gasteiger partial charge on any atom is 0.193 e. The number of nitrogens with one attached hydrogen (secondary N) is 1. The van der Waals surface area contributed by atoms with E-state index in [2.05, 4.69) is 42.8 Å². The molecule has 0 radical (unpaired) electrons. The fourth-order valence-corrected chi connectivity index (χ4v) is 2.90. The number of halogens is 1. The fourth-order valence-electron chi connectivity index (χ4n) is 2.90. The van der Waals surface area contributed by atoms with Gasteiger partial charge in [-0.3, -0.25) is 4.99 Å². The third kappa shape index (κ3) is 8.25. The van der Waals surface area contributed by atoms with Gasteiger partial charge in [0.25, 0.3) is 0 Å². The van der Waals surface area contributed by atoms with Crippen LogP contribution in [0.3, 0.4) is 0 Å². The van der Waals surface area contributed by atoms with E-state index in [1.165, 1.54) is 24.8 Å². The molecule has 1 rings (SSSR count). The number of nitrogens with zero attached hydrogens (tertiary/aromatic N) is 3. The van der Waals surface area contributed by atoms with Crippen molar-refractivity contribution in [2.24, 2.45) is 4.99 Å². The van der Waals surface area contributed by atoms with Crippen LogP contribution in [0.25, 0.3) is 0 Å². The molecule has 1 N–H and O–H groups in total. The number of aliphatic imine (C=N–C) groups is 1. The van der Waals surface area contributed by atoms with Crippen molar-refractivity contribution in [3.63, 3.8) is 0 Å². The molecular formula is C19H35IN4O. The maximum atomic E-state index is 5.27. The number of hydrogen-bond acceptors (Lipinski definition) is 3. The highest BCUT2D eigenvalue weighted by molar-refractivity contribution is 14.0. The summed E-state index contributed by atoms with van der Waals surface area (Å²) in [6.07, 6.45) is 6.71. The van der Waals surface area contributed by atoms with E-state index in [1.807, 2.05) is 19.9 Å². The zero-order valence-electron chi connectivity index (χ0n) is 16.5. The Bertz CT molecular complexity index is 508. The Kier molecular flexibility index (Phi) is 12.6. The molecule has 0 amide bonds. The summed E-state index contributed by atoms with van der Waals surface area (Å²) in [5, 5.41) is 7.43. The summed E-state index contributed by atoms with van der Waals surface area (Å²) < 4.78 is 5.27. The van der Waals surface area contributed by atoms with Crippen molar-refractivity contribution < 1.29 is 4.52 Å². The van der Waals surface area contributed by atoms with E-state index in [-0.39, 0.29) is 24.0 Å². The Labute approximate surface area is 170 Å². The molecule has 0 spiro atoms. The highest BCUT2D eigenvalue weighted by Gasteiger charge is 2.16. The topological polar surface area (TPSA) is 53.7 Å². The molecule has 6 heteroatoms. The zero-order chi connectivity index (χ0) is 17.9. The summed E-state index contributed by atoms with van der Waals surface area (Å²) in [4.78, 5) is 7.03. The van der Waals surface area contributed by atoms with Gasteiger partial charge in [-0.1, -0.05) is 24.6 Å². The van der Waals surface area contributed by atoms with Crippen LogP contribution in [0.1, 0.15) is 62.5 Å². The quantitative estimate of drug-likeness (QED) is 0.181. The molecule has 0 saturated heterocycles. The molecule has 0 aromatic carbocycles. The van der Waals surface area contributed by atoms with E-state index < -0.39 is 0 Å². The molecule has 1 atom stereocenters. The monoisotopic (exact) mass is 462 g/mol. The van der Waals surface area contributed by atoms with E-state index >= 15 is 0 Å². The maximum absolute atomic E-state index is 5.27. The number of aromatic nitrogens is 1. The molecule has 25 heavy (non-hydrogen) atoms. The Morgan fingerprint density at radius 1 is 1.36 bits per heavy atom. The van der Waals surface area contributed by atoms with Crippen molar-refractivity contribution in [2.75, 3.05) is 26.7 Å². The van der Waals surface area contributed by atoms with Gasteiger partial charge in [0, 0.05) is 38.2 Å². The van der Waals surface area contributed by atoms with Gasteiger partial charge in [0.1, 0.15) is 5.76 Å². The number of guanidine groups is 1. The predicted octanol–water partition coefficient (Wildman–Crippen LogP) is 4.66. The zero-order valence-corrected chi connectivity index (χ0v) is 18.8. The van der Waals surface area contributed by atoms with Crippen molar-refractivity contribution in [2.45, 2.75) is 59.3 Å². The fraction of sp³-hybridized carbons (Fsp3) is 0.684. The normalized spacial score (nSPS) is 12.4. The van der Waals surface area contributed by atoms with Gasteiger partial charge in [-0.05, 0) is 40.0 Å². The lowest BCUT2D eigenvalue weighted by Crippen LogP contribution is -2.39. The molecule has 144 valence electrons. The minimum atomic E-state index is 0. The third-order valence-electron chi connectivity index (χ3n) is 4.19. The molecule has 0 aliphatic rings. The largest absolute Gasteiger partial charge is 0.361 e. The summed E-state index contributed by atoms with van der Waals surface area (Å²) in [5.41, 5.74) is 2.15. The van der Waals surface area contributed by atoms with Crippen LogP contribution in [-0.2, 0) is 0 Å². The lowest BCUT2D eigenvalue weighted by atomic mass is 10.00. The van der Waals surface area contributed by atoms with Crippen molar-refractivity contribution >= 4 is 29.9 Å². The van der Waals surface area contributed by atoms with Gasteiger partial charge in [0.2, 0.25) is 0 Å². The van der Waals surface area contributed by atoms with E-state index in [0.29, 0.717) is 5.92 Å².